The summed E-state index contributed by atoms with van der Waals surface area (Å²) in [6, 6.07) is 13.2. The van der Waals surface area contributed by atoms with Gasteiger partial charge in [-0.25, -0.2) is 4.39 Å². The molecule has 0 unspecified atom stereocenters. The van der Waals surface area contributed by atoms with Crippen LogP contribution in [-0.2, 0) is 6.54 Å². The first-order valence-corrected chi connectivity index (χ1v) is 7.63. The first kappa shape index (κ1) is 17.1. The molecule has 0 atom stereocenters. The van der Waals surface area contributed by atoms with Crippen LogP contribution >= 0.6 is 0 Å². The van der Waals surface area contributed by atoms with E-state index in [9.17, 15) is 9.18 Å². The molecule has 0 saturated heterocycles. The van der Waals surface area contributed by atoms with Crippen molar-refractivity contribution >= 4 is 11.6 Å². The summed E-state index contributed by atoms with van der Waals surface area (Å²) in [5, 5.41) is 2.83. The highest BCUT2D eigenvalue weighted by Gasteiger charge is 2.07. The van der Waals surface area contributed by atoms with Crippen molar-refractivity contribution in [3.8, 4) is 0 Å². The molecule has 0 radical (unpaired) electrons. The molecule has 0 aliphatic carbocycles. The third-order valence-electron chi connectivity index (χ3n) is 3.49. The topological polar surface area (TPSA) is 58.4 Å². The monoisotopic (exact) mass is 315 g/mol. The van der Waals surface area contributed by atoms with Crippen LogP contribution in [0.25, 0.3) is 0 Å². The predicted molar refractivity (Wildman–Crippen MR) is 90.8 cm³/mol. The van der Waals surface area contributed by atoms with Gasteiger partial charge >= 0.3 is 0 Å². The van der Waals surface area contributed by atoms with Crippen molar-refractivity contribution in [3.05, 3.63) is 65.5 Å². The smallest absolute Gasteiger partial charge is 0.255 e. The molecule has 23 heavy (non-hydrogen) atoms. The molecule has 0 spiro atoms. The molecule has 2 aromatic carbocycles. The van der Waals surface area contributed by atoms with Crippen molar-refractivity contribution in [1.29, 1.82) is 0 Å². The van der Waals surface area contributed by atoms with Gasteiger partial charge in [-0.1, -0.05) is 12.1 Å². The summed E-state index contributed by atoms with van der Waals surface area (Å²) in [4.78, 5) is 14.3. The predicted octanol–water partition coefficient (Wildman–Crippen LogP) is 2.86. The molecule has 0 aliphatic rings. The Morgan fingerprint density at radius 1 is 1.22 bits per heavy atom. The Labute approximate surface area is 136 Å². The molecule has 0 aliphatic heterocycles. The fourth-order valence-corrected chi connectivity index (χ4v) is 2.30. The van der Waals surface area contributed by atoms with E-state index in [4.69, 9.17) is 5.73 Å². The average Bonchev–Trinajstić information content (AvgIpc) is 2.54. The standard InChI is InChI=1S/C18H22FN3O/c1-22(11-3-10-20)13-14-4-2-5-17(12-14)21-18(23)15-6-8-16(19)9-7-15/h2,4-9,12H,3,10-11,13,20H2,1H3,(H,21,23). The Kier molecular flexibility index (Phi) is 6.26. The van der Waals surface area contributed by atoms with Crippen LogP contribution in [0.2, 0.25) is 0 Å². The van der Waals surface area contributed by atoms with Gasteiger partial charge in [-0.05, 0) is 68.5 Å². The van der Waals surface area contributed by atoms with Crippen LogP contribution < -0.4 is 11.1 Å². The highest BCUT2D eigenvalue weighted by Crippen LogP contribution is 2.14. The number of rotatable bonds is 7. The Hall–Kier alpha value is -2.24. The highest BCUT2D eigenvalue weighted by atomic mass is 19.1. The zero-order chi connectivity index (χ0) is 16.7. The number of nitrogens with two attached hydrogens (primary N) is 1. The lowest BCUT2D eigenvalue weighted by Gasteiger charge is -2.16. The van der Waals surface area contributed by atoms with Crippen LogP contribution in [0.5, 0.6) is 0 Å². The van der Waals surface area contributed by atoms with Crippen LogP contribution in [0.15, 0.2) is 48.5 Å². The molecule has 0 aromatic heterocycles. The van der Waals surface area contributed by atoms with Crippen LogP contribution in [-0.4, -0.2) is 30.9 Å². The Bertz CT molecular complexity index is 643. The fraction of sp³-hybridized carbons (Fsp3) is 0.278. The zero-order valence-electron chi connectivity index (χ0n) is 13.3. The quantitative estimate of drug-likeness (QED) is 0.826. The van der Waals surface area contributed by atoms with E-state index in [0.717, 1.165) is 30.8 Å². The van der Waals surface area contributed by atoms with Gasteiger partial charge in [-0.15, -0.1) is 0 Å². The Balaban J connectivity index is 1.99. The number of nitrogens with zero attached hydrogens (tertiary/aromatic N) is 1. The largest absolute Gasteiger partial charge is 0.330 e. The number of anilines is 1. The summed E-state index contributed by atoms with van der Waals surface area (Å²) >= 11 is 0. The van der Waals surface area contributed by atoms with Gasteiger partial charge in [0.2, 0.25) is 0 Å². The summed E-state index contributed by atoms with van der Waals surface area (Å²) in [5.41, 5.74) is 7.78. The number of benzene rings is 2. The van der Waals surface area contributed by atoms with Gasteiger partial charge in [0, 0.05) is 17.8 Å². The van der Waals surface area contributed by atoms with E-state index in [1.54, 1.807) is 0 Å². The summed E-state index contributed by atoms with van der Waals surface area (Å²) < 4.78 is 12.9. The molecule has 2 rings (SSSR count). The van der Waals surface area contributed by atoms with Gasteiger partial charge in [0.25, 0.3) is 5.91 Å². The van der Waals surface area contributed by atoms with Gasteiger partial charge < -0.3 is 16.0 Å². The van der Waals surface area contributed by atoms with E-state index in [2.05, 4.69) is 10.2 Å². The number of hydrogen-bond donors (Lipinski definition) is 2. The van der Waals surface area contributed by atoms with Gasteiger partial charge in [-0.2, -0.15) is 0 Å². The van der Waals surface area contributed by atoms with Gasteiger partial charge in [0.1, 0.15) is 5.82 Å². The lowest BCUT2D eigenvalue weighted by atomic mass is 10.1. The average molecular weight is 315 g/mol. The van der Waals surface area contributed by atoms with Crippen molar-refractivity contribution in [2.24, 2.45) is 5.73 Å². The van der Waals surface area contributed by atoms with Crippen LogP contribution in [0.3, 0.4) is 0 Å². The maximum absolute atomic E-state index is 12.9. The number of carbonyl (C=O) groups excluding carboxylic acids is 1. The second-order valence-corrected chi connectivity index (χ2v) is 5.54. The molecule has 0 heterocycles. The van der Waals surface area contributed by atoms with Crippen molar-refractivity contribution in [2.75, 3.05) is 25.5 Å². The fourth-order valence-electron chi connectivity index (χ4n) is 2.30. The summed E-state index contributed by atoms with van der Waals surface area (Å²) in [5.74, 6) is -0.609. The summed E-state index contributed by atoms with van der Waals surface area (Å²) in [6.07, 6.45) is 0.956. The molecule has 2 aromatic rings. The molecule has 5 heteroatoms. The lowest BCUT2D eigenvalue weighted by Crippen LogP contribution is -2.21. The molecule has 3 N–H and O–H groups in total. The Morgan fingerprint density at radius 3 is 2.65 bits per heavy atom. The molecule has 4 nitrogen and oxygen atoms in total. The van der Waals surface area contributed by atoms with Gasteiger partial charge in [0.15, 0.2) is 0 Å². The summed E-state index contributed by atoms with van der Waals surface area (Å²) in [7, 11) is 2.04. The second-order valence-electron chi connectivity index (χ2n) is 5.54. The van der Waals surface area contributed by atoms with E-state index in [-0.39, 0.29) is 11.7 Å². The molecular weight excluding hydrogens is 293 g/mol. The normalized spacial score (nSPS) is 10.8. The second kappa shape index (κ2) is 8.41. The summed E-state index contributed by atoms with van der Waals surface area (Å²) in [6.45, 7) is 2.40. The minimum Gasteiger partial charge on any atom is -0.330 e. The van der Waals surface area contributed by atoms with E-state index >= 15 is 0 Å². The number of carbonyl (C=O) groups is 1. The maximum Gasteiger partial charge on any atom is 0.255 e. The highest BCUT2D eigenvalue weighted by molar-refractivity contribution is 6.04. The first-order valence-electron chi connectivity index (χ1n) is 7.63. The van der Waals surface area contributed by atoms with E-state index in [1.165, 1.54) is 24.3 Å². The van der Waals surface area contributed by atoms with Crippen LogP contribution in [0.1, 0.15) is 22.3 Å². The van der Waals surface area contributed by atoms with Crippen LogP contribution in [0, 0.1) is 5.82 Å². The van der Waals surface area contributed by atoms with Crippen molar-refractivity contribution in [2.45, 2.75) is 13.0 Å². The number of hydrogen-bond acceptors (Lipinski definition) is 3. The van der Waals surface area contributed by atoms with E-state index in [1.807, 2.05) is 31.3 Å². The maximum atomic E-state index is 12.9. The van der Waals surface area contributed by atoms with Crippen LogP contribution in [0.4, 0.5) is 10.1 Å². The molecule has 1 amide bonds. The van der Waals surface area contributed by atoms with E-state index in [0.29, 0.717) is 12.1 Å². The molecule has 0 fully saturated rings. The first-order chi connectivity index (χ1) is 11.1. The molecule has 0 saturated carbocycles. The third-order valence-corrected chi connectivity index (χ3v) is 3.49. The van der Waals surface area contributed by atoms with Crippen molar-refractivity contribution in [1.82, 2.24) is 4.90 Å². The van der Waals surface area contributed by atoms with E-state index < -0.39 is 0 Å². The van der Waals surface area contributed by atoms with Gasteiger partial charge in [-0.3, -0.25) is 4.79 Å². The van der Waals surface area contributed by atoms with Gasteiger partial charge in [0.05, 0.1) is 0 Å². The number of halogens is 1. The number of nitrogens with one attached hydrogen (secondary N) is 1. The minimum absolute atomic E-state index is 0.251. The minimum atomic E-state index is -0.357. The zero-order valence-corrected chi connectivity index (χ0v) is 13.3. The molecule has 122 valence electrons. The van der Waals surface area contributed by atoms with Crippen molar-refractivity contribution in [3.63, 3.8) is 0 Å². The molecular formula is C18H22FN3O. The number of amides is 1. The third kappa shape index (κ3) is 5.47. The molecule has 0 bridgehead atoms. The van der Waals surface area contributed by atoms with Crippen molar-refractivity contribution < 1.29 is 9.18 Å². The lowest BCUT2D eigenvalue weighted by molar-refractivity contribution is 0.102. The Morgan fingerprint density at radius 2 is 1.96 bits per heavy atom. The SMILES string of the molecule is CN(CCCN)Cc1cccc(NC(=O)c2ccc(F)cc2)c1.